The van der Waals surface area contributed by atoms with Gasteiger partial charge < -0.3 is 0 Å². The first-order valence-electron chi connectivity index (χ1n) is 3.77. The monoisotopic (exact) mass is 232 g/mol. The number of nitrogens with zero attached hydrogens (tertiary/aromatic N) is 2. The molecule has 2 nitrogen and oxygen atoms in total. The third kappa shape index (κ3) is 1.80. The smallest absolute Gasteiger partial charge is 0.143 e. The van der Waals surface area contributed by atoms with Gasteiger partial charge in [0, 0.05) is 0 Å². The number of aromatic nitrogens is 2. The van der Waals surface area contributed by atoms with E-state index in [1.165, 1.54) is 6.33 Å². The van der Waals surface area contributed by atoms with Gasteiger partial charge in [-0.2, -0.15) is 0 Å². The minimum absolute atomic E-state index is 0.440. The number of aryl methyl sites for hydroxylation is 1. The molecule has 0 aromatic carbocycles. The molecule has 4 heteroatoms. The molecule has 1 heterocycles. The fourth-order valence-electron chi connectivity index (χ4n) is 0.888. The maximum Gasteiger partial charge on any atom is 0.143 e. The van der Waals surface area contributed by atoms with Crippen molar-refractivity contribution >= 4 is 15.9 Å². The van der Waals surface area contributed by atoms with Crippen LogP contribution in [0.2, 0.25) is 0 Å². The highest BCUT2D eigenvalue weighted by Crippen LogP contribution is 2.27. The van der Waals surface area contributed by atoms with E-state index < -0.39 is 6.17 Å². The molecule has 0 aliphatic rings. The topological polar surface area (TPSA) is 25.8 Å². The molecule has 0 radical (unpaired) electrons. The average Bonchev–Trinajstić information content (AvgIpc) is 2.08. The SMILES string of the molecule is CCC(F)c1ncnc(C)c1Br. The summed E-state index contributed by atoms with van der Waals surface area (Å²) in [5.74, 6) is 0. The molecular weight excluding hydrogens is 223 g/mol. The highest BCUT2D eigenvalue weighted by molar-refractivity contribution is 9.10. The Hall–Kier alpha value is -0.510. The molecule has 12 heavy (non-hydrogen) atoms. The van der Waals surface area contributed by atoms with E-state index in [2.05, 4.69) is 25.9 Å². The molecule has 0 spiro atoms. The zero-order chi connectivity index (χ0) is 9.14. The highest BCUT2D eigenvalue weighted by Gasteiger charge is 2.14. The van der Waals surface area contributed by atoms with Gasteiger partial charge in [0.1, 0.15) is 12.5 Å². The van der Waals surface area contributed by atoms with Crippen molar-refractivity contribution in [1.29, 1.82) is 0 Å². The van der Waals surface area contributed by atoms with Crippen molar-refractivity contribution in [2.45, 2.75) is 26.4 Å². The van der Waals surface area contributed by atoms with Crippen LogP contribution in [-0.2, 0) is 0 Å². The molecule has 66 valence electrons. The van der Waals surface area contributed by atoms with Gasteiger partial charge in [-0.3, -0.25) is 0 Å². The summed E-state index contributed by atoms with van der Waals surface area (Å²) in [6, 6.07) is 0. The van der Waals surface area contributed by atoms with Crippen LogP contribution in [0.15, 0.2) is 10.8 Å². The summed E-state index contributed by atoms with van der Waals surface area (Å²) < 4.78 is 13.9. The van der Waals surface area contributed by atoms with E-state index in [9.17, 15) is 4.39 Å². The van der Waals surface area contributed by atoms with Crippen LogP contribution in [0.3, 0.4) is 0 Å². The third-order valence-corrected chi connectivity index (χ3v) is 2.63. The van der Waals surface area contributed by atoms with E-state index in [1.807, 2.05) is 6.92 Å². The standard InChI is InChI=1S/C8H10BrFN2/c1-3-6(10)8-7(9)5(2)11-4-12-8/h4,6H,3H2,1-2H3. The van der Waals surface area contributed by atoms with Crippen LogP contribution in [-0.4, -0.2) is 9.97 Å². The Morgan fingerprint density at radius 1 is 1.58 bits per heavy atom. The van der Waals surface area contributed by atoms with E-state index in [1.54, 1.807) is 6.92 Å². The largest absolute Gasteiger partial charge is 0.241 e. The number of hydrogen-bond donors (Lipinski definition) is 0. The fourth-order valence-corrected chi connectivity index (χ4v) is 1.34. The molecule has 1 unspecified atom stereocenters. The summed E-state index contributed by atoms with van der Waals surface area (Å²) in [5.41, 5.74) is 1.22. The van der Waals surface area contributed by atoms with Gasteiger partial charge in [0.25, 0.3) is 0 Å². The zero-order valence-electron chi connectivity index (χ0n) is 7.01. The quantitative estimate of drug-likeness (QED) is 0.784. The third-order valence-electron chi connectivity index (χ3n) is 1.65. The average molecular weight is 233 g/mol. The van der Waals surface area contributed by atoms with E-state index in [-0.39, 0.29) is 0 Å². The Morgan fingerprint density at radius 3 is 2.83 bits per heavy atom. The molecule has 0 fully saturated rings. The number of alkyl halides is 1. The van der Waals surface area contributed by atoms with Gasteiger partial charge in [-0.1, -0.05) is 6.92 Å². The summed E-state index contributed by atoms with van der Waals surface area (Å²) in [4.78, 5) is 7.81. The number of halogens is 2. The van der Waals surface area contributed by atoms with Crippen LogP contribution in [0.25, 0.3) is 0 Å². The molecule has 0 bridgehead atoms. The van der Waals surface area contributed by atoms with Crippen LogP contribution >= 0.6 is 15.9 Å². The zero-order valence-corrected chi connectivity index (χ0v) is 8.60. The lowest BCUT2D eigenvalue weighted by molar-refractivity contribution is 0.325. The second kappa shape index (κ2) is 3.94. The Morgan fingerprint density at radius 2 is 2.25 bits per heavy atom. The first-order chi connectivity index (χ1) is 5.66. The van der Waals surface area contributed by atoms with Crippen molar-refractivity contribution in [1.82, 2.24) is 9.97 Å². The van der Waals surface area contributed by atoms with Gasteiger partial charge in [0.05, 0.1) is 15.9 Å². The van der Waals surface area contributed by atoms with Crippen LogP contribution in [0.5, 0.6) is 0 Å². The maximum atomic E-state index is 13.2. The predicted octanol–water partition coefficient (Wildman–Crippen LogP) is 2.97. The van der Waals surface area contributed by atoms with E-state index in [0.717, 1.165) is 5.69 Å². The van der Waals surface area contributed by atoms with E-state index in [0.29, 0.717) is 16.6 Å². The number of hydrogen-bond acceptors (Lipinski definition) is 2. The molecule has 0 N–H and O–H groups in total. The number of rotatable bonds is 2. The summed E-state index contributed by atoms with van der Waals surface area (Å²) in [5, 5.41) is 0. The minimum Gasteiger partial charge on any atom is -0.241 e. The second-order valence-electron chi connectivity index (χ2n) is 2.53. The summed E-state index contributed by atoms with van der Waals surface area (Å²) >= 11 is 3.26. The fraction of sp³-hybridized carbons (Fsp3) is 0.500. The van der Waals surface area contributed by atoms with Crippen LogP contribution in [0.4, 0.5) is 4.39 Å². The van der Waals surface area contributed by atoms with E-state index >= 15 is 0 Å². The minimum atomic E-state index is -0.999. The summed E-state index contributed by atoms with van der Waals surface area (Å²) in [7, 11) is 0. The van der Waals surface area contributed by atoms with Crippen LogP contribution in [0, 0.1) is 6.92 Å². The molecule has 0 amide bonds. The van der Waals surface area contributed by atoms with Crippen molar-refractivity contribution in [3.63, 3.8) is 0 Å². The predicted molar refractivity (Wildman–Crippen MR) is 48.6 cm³/mol. The van der Waals surface area contributed by atoms with Gasteiger partial charge in [-0.05, 0) is 29.3 Å². The summed E-state index contributed by atoms with van der Waals surface area (Å²) in [6.07, 6.45) is 0.827. The van der Waals surface area contributed by atoms with Gasteiger partial charge in [0.15, 0.2) is 0 Å². The first-order valence-corrected chi connectivity index (χ1v) is 4.57. The van der Waals surface area contributed by atoms with Gasteiger partial charge in [0.2, 0.25) is 0 Å². The Balaban J connectivity index is 3.07. The second-order valence-corrected chi connectivity index (χ2v) is 3.33. The molecule has 0 saturated carbocycles. The maximum absolute atomic E-state index is 13.2. The van der Waals surface area contributed by atoms with Crippen molar-refractivity contribution in [2.75, 3.05) is 0 Å². The van der Waals surface area contributed by atoms with Gasteiger partial charge >= 0.3 is 0 Å². The Labute approximate surface area is 79.4 Å². The van der Waals surface area contributed by atoms with Crippen molar-refractivity contribution < 1.29 is 4.39 Å². The Kier molecular flexibility index (Phi) is 3.14. The van der Waals surface area contributed by atoms with E-state index in [4.69, 9.17) is 0 Å². The van der Waals surface area contributed by atoms with Crippen molar-refractivity contribution in [2.24, 2.45) is 0 Å². The van der Waals surface area contributed by atoms with Crippen LogP contribution in [0.1, 0.15) is 30.9 Å². The molecule has 1 atom stereocenters. The Bertz CT molecular complexity index is 278. The van der Waals surface area contributed by atoms with Crippen molar-refractivity contribution in [3.8, 4) is 0 Å². The normalized spacial score (nSPS) is 13.0. The molecule has 1 aromatic rings. The van der Waals surface area contributed by atoms with Gasteiger partial charge in [-0.15, -0.1) is 0 Å². The molecule has 0 aliphatic heterocycles. The lowest BCUT2D eigenvalue weighted by Crippen LogP contribution is -1.98. The highest BCUT2D eigenvalue weighted by atomic mass is 79.9. The lowest BCUT2D eigenvalue weighted by atomic mass is 10.2. The molecule has 1 rings (SSSR count). The van der Waals surface area contributed by atoms with Crippen LogP contribution < -0.4 is 0 Å². The van der Waals surface area contributed by atoms with Gasteiger partial charge in [-0.25, -0.2) is 14.4 Å². The lowest BCUT2D eigenvalue weighted by Gasteiger charge is -2.07. The molecule has 0 saturated heterocycles. The molecule has 0 aliphatic carbocycles. The molecule has 1 aromatic heterocycles. The first kappa shape index (κ1) is 9.58. The molecular formula is C8H10BrFN2. The van der Waals surface area contributed by atoms with Crippen molar-refractivity contribution in [3.05, 3.63) is 22.2 Å². The summed E-state index contributed by atoms with van der Waals surface area (Å²) in [6.45, 7) is 3.60.